The molecule has 2 aliphatic rings. The minimum Gasteiger partial charge on any atom is -0.486 e. The van der Waals surface area contributed by atoms with Crippen LogP contribution in [-0.2, 0) is 11.3 Å². The highest BCUT2D eigenvalue weighted by atomic mass is 16.6. The van der Waals surface area contributed by atoms with Crippen molar-refractivity contribution in [2.75, 3.05) is 31.6 Å². The number of carbonyl (C=O) groups excluding carboxylic acids is 1. The molecule has 26 heavy (non-hydrogen) atoms. The molecule has 1 amide bonds. The molecule has 0 aliphatic carbocycles. The number of piperidine rings is 1. The lowest BCUT2D eigenvalue weighted by molar-refractivity contribution is -0.132. The number of ether oxygens (including phenoxy) is 2. The zero-order valence-corrected chi connectivity index (χ0v) is 14.5. The number of hydrogen-bond acceptors (Lipinski definition) is 7. The Bertz CT molecular complexity index is 751. The summed E-state index contributed by atoms with van der Waals surface area (Å²) in [5, 5.41) is 14.5. The Kier molecular flexibility index (Phi) is 4.85. The molecule has 138 valence electrons. The Morgan fingerprint density at radius 3 is 3.00 bits per heavy atom. The molecule has 1 fully saturated rings. The van der Waals surface area contributed by atoms with Crippen molar-refractivity contribution < 1.29 is 14.3 Å². The van der Waals surface area contributed by atoms with Gasteiger partial charge in [-0.1, -0.05) is 0 Å². The molecule has 0 spiro atoms. The molecule has 9 heteroatoms. The average molecular weight is 358 g/mol. The summed E-state index contributed by atoms with van der Waals surface area (Å²) in [4.78, 5) is 14.4. The van der Waals surface area contributed by atoms with Crippen molar-refractivity contribution in [3.8, 4) is 11.5 Å². The molecule has 9 nitrogen and oxygen atoms in total. The molecule has 1 aromatic carbocycles. The van der Waals surface area contributed by atoms with Crippen LogP contribution in [-0.4, -0.2) is 63.4 Å². The number of aryl methyl sites for hydroxylation is 1. The number of hydrogen-bond donors (Lipinski definition) is 1. The topological polar surface area (TPSA) is 94.4 Å². The van der Waals surface area contributed by atoms with Crippen LogP contribution in [0.1, 0.15) is 19.3 Å². The SMILES string of the molecule is O=C(CCn1cnnn1)N1CCC[C@@H](Nc2ccc3c(c2)OCCO3)C1. The van der Waals surface area contributed by atoms with E-state index < -0.39 is 0 Å². The number of rotatable bonds is 5. The molecule has 0 saturated carbocycles. The number of nitrogens with one attached hydrogen (secondary N) is 1. The molecule has 2 aromatic rings. The Morgan fingerprint density at radius 2 is 2.15 bits per heavy atom. The van der Waals surface area contributed by atoms with Crippen LogP contribution in [0.25, 0.3) is 0 Å². The fourth-order valence-corrected chi connectivity index (χ4v) is 3.34. The minimum absolute atomic E-state index is 0.133. The summed E-state index contributed by atoms with van der Waals surface area (Å²) in [6.45, 7) is 3.16. The van der Waals surface area contributed by atoms with Crippen LogP contribution in [0.2, 0.25) is 0 Å². The van der Waals surface area contributed by atoms with Crippen LogP contribution < -0.4 is 14.8 Å². The van der Waals surface area contributed by atoms with E-state index in [1.54, 1.807) is 4.68 Å². The maximum absolute atomic E-state index is 12.5. The Morgan fingerprint density at radius 1 is 1.27 bits per heavy atom. The average Bonchev–Trinajstić information content (AvgIpc) is 3.20. The first-order valence-electron chi connectivity index (χ1n) is 8.93. The quantitative estimate of drug-likeness (QED) is 0.850. The lowest BCUT2D eigenvalue weighted by Gasteiger charge is -2.34. The monoisotopic (exact) mass is 358 g/mol. The number of carbonyl (C=O) groups is 1. The van der Waals surface area contributed by atoms with Gasteiger partial charge in [0.1, 0.15) is 19.5 Å². The Labute approximate surface area is 151 Å². The van der Waals surface area contributed by atoms with E-state index in [1.807, 2.05) is 23.1 Å². The number of benzene rings is 1. The van der Waals surface area contributed by atoms with Gasteiger partial charge in [0.2, 0.25) is 5.91 Å². The summed E-state index contributed by atoms with van der Waals surface area (Å²) in [6.07, 6.45) is 3.95. The van der Waals surface area contributed by atoms with Crippen LogP contribution in [0.3, 0.4) is 0 Å². The first kappa shape index (κ1) is 16.6. The van der Waals surface area contributed by atoms with Crippen molar-refractivity contribution in [1.82, 2.24) is 25.1 Å². The second-order valence-electron chi connectivity index (χ2n) is 6.50. The lowest BCUT2D eigenvalue weighted by atomic mass is 10.0. The first-order chi connectivity index (χ1) is 12.8. The standard InChI is InChI=1S/C17H22N6O3/c24-17(5-7-23-12-18-20-21-23)22-6-1-2-14(11-22)19-13-3-4-15-16(10-13)26-9-8-25-15/h3-4,10,12,14,19H,1-2,5-9,11H2/t14-/m1/s1. The zero-order chi connectivity index (χ0) is 17.8. The number of tetrazole rings is 1. The van der Waals surface area contributed by atoms with E-state index in [0.717, 1.165) is 36.6 Å². The number of amides is 1. The predicted octanol–water partition coefficient (Wildman–Crippen LogP) is 0.937. The third kappa shape index (κ3) is 3.87. The van der Waals surface area contributed by atoms with Gasteiger partial charge >= 0.3 is 0 Å². The van der Waals surface area contributed by atoms with E-state index >= 15 is 0 Å². The van der Waals surface area contributed by atoms with Gasteiger partial charge in [-0.25, -0.2) is 4.68 Å². The van der Waals surface area contributed by atoms with Crippen LogP contribution in [0.5, 0.6) is 11.5 Å². The highest BCUT2D eigenvalue weighted by molar-refractivity contribution is 5.76. The van der Waals surface area contributed by atoms with Gasteiger partial charge in [0, 0.05) is 37.3 Å². The van der Waals surface area contributed by atoms with Gasteiger partial charge in [-0.05, 0) is 35.4 Å². The molecule has 0 bridgehead atoms. The summed E-state index contributed by atoms with van der Waals surface area (Å²) in [5.74, 6) is 1.69. The smallest absolute Gasteiger partial charge is 0.224 e. The summed E-state index contributed by atoms with van der Waals surface area (Å²) in [5.41, 5.74) is 0.988. The minimum atomic E-state index is 0.133. The second kappa shape index (κ2) is 7.59. The van der Waals surface area contributed by atoms with Gasteiger partial charge in [0.05, 0.1) is 6.54 Å². The molecule has 1 saturated heterocycles. The van der Waals surface area contributed by atoms with Crippen LogP contribution >= 0.6 is 0 Å². The first-order valence-corrected chi connectivity index (χ1v) is 8.93. The van der Waals surface area contributed by atoms with Crippen molar-refractivity contribution >= 4 is 11.6 Å². The van der Waals surface area contributed by atoms with Gasteiger partial charge < -0.3 is 19.7 Å². The summed E-state index contributed by atoms with van der Waals surface area (Å²) in [6, 6.07) is 6.11. The lowest BCUT2D eigenvalue weighted by Crippen LogP contribution is -2.45. The van der Waals surface area contributed by atoms with E-state index in [-0.39, 0.29) is 11.9 Å². The fourth-order valence-electron chi connectivity index (χ4n) is 3.34. The second-order valence-corrected chi connectivity index (χ2v) is 6.50. The fraction of sp³-hybridized carbons (Fsp3) is 0.529. The zero-order valence-electron chi connectivity index (χ0n) is 14.5. The van der Waals surface area contributed by atoms with Crippen molar-refractivity contribution in [3.05, 3.63) is 24.5 Å². The molecule has 4 rings (SSSR count). The summed E-state index contributed by atoms with van der Waals surface area (Å²) >= 11 is 0. The van der Waals surface area contributed by atoms with Gasteiger partial charge in [-0.15, -0.1) is 5.10 Å². The number of anilines is 1. The van der Waals surface area contributed by atoms with E-state index in [4.69, 9.17) is 9.47 Å². The predicted molar refractivity (Wildman–Crippen MR) is 93.1 cm³/mol. The van der Waals surface area contributed by atoms with Gasteiger partial charge in [0.25, 0.3) is 0 Å². The molecular formula is C17H22N6O3. The third-order valence-electron chi connectivity index (χ3n) is 4.63. The normalized spacial score (nSPS) is 19.2. The van der Waals surface area contributed by atoms with E-state index in [2.05, 4.69) is 20.8 Å². The summed E-state index contributed by atoms with van der Waals surface area (Å²) < 4.78 is 12.8. The van der Waals surface area contributed by atoms with Crippen molar-refractivity contribution in [1.29, 1.82) is 0 Å². The number of nitrogens with zero attached hydrogens (tertiary/aromatic N) is 5. The number of fused-ring (bicyclic) bond motifs is 1. The Hall–Kier alpha value is -2.84. The van der Waals surface area contributed by atoms with E-state index in [1.165, 1.54) is 6.33 Å². The number of likely N-dealkylation sites (tertiary alicyclic amines) is 1. The van der Waals surface area contributed by atoms with Gasteiger partial charge in [0.15, 0.2) is 11.5 Å². The van der Waals surface area contributed by atoms with Crippen molar-refractivity contribution in [2.45, 2.75) is 31.8 Å². The third-order valence-corrected chi connectivity index (χ3v) is 4.63. The molecule has 1 N–H and O–H groups in total. The van der Waals surface area contributed by atoms with Gasteiger partial charge in [-0.2, -0.15) is 0 Å². The summed E-state index contributed by atoms with van der Waals surface area (Å²) in [7, 11) is 0. The molecule has 1 atom stereocenters. The molecule has 2 aliphatic heterocycles. The highest BCUT2D eigenvalue weighted by Crippen LogP contribution is 2.33. The van der Waals surface area contributed by atoms with E-state index in [0.29, 0.717) is 32.7 Å². The maximum atomic E-state index is 12.5. The largest absolute Gasteiger partial charge is 0.486 e. The molecule has 0 unspecified atom stereocenters. The molecule has 0 radical (unpaired) electrons. The van der Waals surface area contributed by atoms with Crippen molar-refractivity contribution in [2.24, 2.45) is 0 Å². The van der Waals surface area contributed by atoms with Crippen LogP contribution in [0.15, 0.2) is 24.5 Å². The molecule has 3 heterocycles. The molecular weight excluding hydrogens is 336 g/mol. The van der Waals surface area contributed by atoms with Crippen LogP contribution in [0.4, 0.5) is 5.69 Å². The van der Waals surface area contributed by atoms with Crippen LogP contribution in [0, 0.1) is 0 Å². The Balaban J connectivity index is 1.32. The highest BCUT2D eigenvalue weighted by Gasteiger charge is 2.24. The van der Waals surface area contributed by atoms with E-state index in [9.17, 15) is 4.79 Å². The van der Waals surface area contributed by atoms with Crippen molar-refractivity contribution in [3.63, 3.8) is 0 Å². The number of aromatic nitrogens is 4. The maximum Gasteiger partial charge on any atom is 0.224 e. The molecule has 1 aromatic heterocycles. The van der Waals surface area contributed by atoms with Gasteiger partial charge in [-0.3, -0.25) is 4.79 Å².